The summed E-state index contributed by atoms with van der Waals surface area (Å²) < 4.78 is 44.0. The van der Waals surface area contributed by atoms with Gasteiger partial charge in [0.15, 0.2) is 17.2 Å². The summed E-state index contributed by atoms with van der Waals surface area (Å²) >= 11 is 0. The number of ether oxygens (including phenoxy) is 2. The number of carbonyl (C=O) groups is 1. The molecule has 0 radical (unpaired) electrons. The molecule has 0 aromatic carbocycles. The molecule has 0 unspecified atom stereocenters. The first-order valence-electron chi connectivity index (χ1n) is 4.29. The number of alkyl halides is 3. The number of aromatic hydroxyl groups is 1. The van der Waals surface area contributed by atoms with Crippen molar-refractivity contribution >= 4 is 5.97 Å². The highest BCUT2D eigenvalue weighted by Gasteiger charge is 2.34. The summed E-state index contributed by atoms with van der Waals surface area (Å²) in [7, 11) is 1.01. The Bertz CT molecular complexity index is 445. The third-order valence-electron chi connectivity index (χ3n) is 1.78. The summed E-state index contributed by atoms with van der Waals surface area (Å²) in [4.78, 5) is 14.5. The van der Waals surface area contributed by atoms with Crippen LogP contribution in [-0.2, 0) is 4.74 Å². The molecule has 1 heterocycles. The van der Waals surface area contributed by atoms with Crippen LogP contribution in [0.5, 0.6) is 11.5 Å². The summed E-state index contributed by atoms with van der Waals surface area (Å²) in [5.41, 5.74) is -0.704. The van der Waals surface area contributed by atoms with Gasteiger partial charge in [0.05, 0.1) is 7.11 Å². The maximum absolute atomic E-state index is 12.0. The monoisotopic (exact) mass is 251 g/mol. The van der Waals surface area contributed by atoms with Crippen molar-refractivity contribution in [2.45, 2.75) is 13.3 Å². The summed E-state index contributed by atoms with van der Waals surface area (Å²) in [6.07, 6.45) is -4.01. The Balaban J connectivity index is 3.25. The lowest BCUT2D eigenvalue weighted by Gasteiger charge is -2.13. The molecule has 94 valence electrons. The van der Waals surface area contributed by atoms with Gasteiger partial charge in [0.1, 0.15) is 0 Å². The summed E-state index contributed by atoms with van der Waals surface area (Å²) in [6.45, 7) is 1.24. The van der Waals surface area contributed by atoms with E-state index in [9.17, 15) is 23.1 Å². The lowest BCUT2D eigenvalue weighted by atomic mass is 10.2. The van der Waals surface area contributed by atoms with Crippen LogP contribution in [0.1, 0.15) is 16.1 Å². The standard InChI is InChI=1S/C9H8F3NO4/c1-4-3-13-5(8(15)16-2)6(14)7(4)17-9(10,11)12/h3,14H,1-2H3. The quantitative estimate of drug-likeness (QED) is 0.811. The number of pyridine rings is 1. The van der Waals surface area contributed by atoms with E-state index >= 15 is 0 Å². The number of hydrogen-bond acceptors (Lipinski definition) is 5. The third kappa shape index (κ3) is 2.99. The van der Waals surface area contributed by atoms with Crippen LogP contribution < -0.4 is 4.74 Å². The van der Waals surface area contributed by atoms with E-state index in [1.54, 1.807) is 0 Å². The maximum atomic E-state index is 12.0. The predicted octanol–water partition coefficient (Wildman–Crippen LogP) is 1.78. The minimum absolute atomic E-state index is 0.0625. The average Bonchev–Trinajstić information content (AvgIpc) is 2.22. The maximum Gasteiger partial charge on any atom is 0.573 e. The van der Waals surface area contributed by atoms with Gasteiger partial charge in [0.2, 0.25) is 0 Å². The number of aromatic nitrogens is 1. The number of aryl methyl sites for hydroxylation is 1. The normalized spacial score (nSPS) is 11.1. The molecule has 1 N–H and O–H groups in total. The summed E-state index contributed by atoms with van der Waals surface area (Å²) in [5.74, 6) is -2.93. The summed E-state index contributed by atoms with van der Waals surface area (Å²) in [5, 5.41) is 9.45. The van der Waals surface area contributed by atoms with Gasteiger partial charge in [0, 0.05) is 11.8 Å². The van der Waals surface area contributed by atoms with Gasteiger partial charge in [-0.2, -0.15) is 0 Å². The van der Waals surface area contributed by atoms with E-state index in [1.807, 2.05) is 0 Å². The smallest absolute Gasteiger partial charge is 0.503 e. The predicted molar refractivity (Wildman–Crippen MR) is 48.7 cm³/mol. The second-order valence-electron chi connectivity index (χ2n) is 3.01. The van der Waals surface area contributed by atoms with Crippen molar-refractivity contribution in [1.29, 1.82) is 0 Å². The van der Waals surface area contributed by atoms with E-state index in [1.165, 1.54) is 6.92 Å². The van der Waals surface area contributed by atoms with Crippen LogP contribution in [0, 0.1) is 6.92 Å². The molecule has 0 aliphatic heterocycles. The van der Waals surface area contributed by atoms with Crippen LogP contribution in [0.4, 0.5) is 13.2 Å². The number of halogens is 3. The number of methoxy groups -OCH3 is 1. The fourth-order valence-corrected chi connectivity index (χ4v) is 1.07. The molecule has 0 fully saturated rings. The molecule has 0 bridgehead atoms. The largest absolute Gasteiger partial charge is 0.573 e. The molecule has 1 aromatic rings. The van der Waals surface area contributed by atoms with Gasteiger partial charge in [-0.3, -0.25) is 0 Å². The van der Waals surface area contributed by atoms with Crippen LogP contribution in [0.3, 0.4) is 0 Å². The number of rotatable bonds is 2. The fourth-order valence-electron chi connectivity index (χ4n) is 1.07. The molecular formula is C9H8F3NO4. The van der Waals surface area contributed by atoms with Crippen LogP contribution in [0.25, 0.3) is 0 Å². The molecule has 0 aliphatic carbocycles. The highest BCUT2D eigenvalue weighted by Crippen LogP contribution is 2.36. The molecule has 0 amide bonds. The van der Waals surface area contributed by atoms with E-state index < -0.39 is 29.5 Å². The second kappa shape index (κ2) is 4.48. The first-order chi connectivity index (χ1) is 7.76. The molecule has 0 saturated heterocycles. The first-order valence-corrected chi connectivity index (χ1v) is 4.29. The molecule has 5 nitrogen and oxygen atoms in total. The highest BCUT2D eigenvalue weighted by atomic mass is 19.4. The van der Waals surface area contributed by atoms with Crippen molar-refractivity contribution in [1.82, 2.24) is 4.98 Å². The lowest BCUT2D eigenvalue weighted by molar-refractivity contribution is -0.275. The molecule has 0 atom stereocenters. The van der Waals surface area contributed by atoms with Crippen LogP contribution in [0.2, 0.25) is 0 Å². The third-order valence-corrected chi connectivity index (χ3v) is 1.78. The Labute approximate surface area is 93.8 Å². The van der Waals surface area contributed by atoms with Crippen LogP contribution in [0.15, 0.2) is 6.20 Å². The highest BCUT2D eigenvalue weighted by molar-refractivity contribution is 5.91. The number of esters is 1. The minimum atomic E-state index is -4.98. The van der Waals surface area contributed by atoms with E-state index in [-0.39, 0.29) is 5.56 Å². The van der Waals surface area contributed by atoms with E-state index in [2.05, 4.69) is 14.5 Å². The summed E-state index contributed by atoms with van der Waals surface area (Å²) in [6, 6.07) is 0. The second-order valence-corrected chi connectivity index (χ2v) is 3.01. The fraction of sp³-hybridized carbons (Fsp3) is 0.333. The number of carbonyl (C=O) groups excluding carboxylic acids is 1. The zero-order valence-electron chi connectivity index (χ0n) is 8.83. The van der Waals surface area contributed by atoms with Crippen LogP contribution >= 0.6 is 0 Å². The molecule has 0 aliphatic rings. The Morgan fingerprint density at radius 1 is 1.47 bits per heavy atom. The van der Waals surface area contributed by atoms with Crippen molar-refractivity contribution in [3.05, 3.63) is 17.5 Å². The zero-order valence-corrected chi connectivity index (χ0v) is 8.83. The van der Waals surface area contributed by atoms with E-state index in [0.29, 0.717) is 0 Å². The van der Waals surface area contributed by atoms with E-state index in [0.717, 1.165) is 13.3 Å². The van der Waals surface area contributed by atoms with Crippen molar-refractivity contribution in [3.8, 4) is 11.5 Å². The van der Waals surface area contributed by atoms with E-state index in [4.69, 9.17) is 0 Å². The molecule has 1 rings (SSSR count). The van der Waals surface area contributed by atoms with Gasteiger partial charge in [-0.05, 0) is 6.92 Å². The first kappa shape index (κ1) is 13.1. The molecule has 8 heteroatoms. The van der Waals surface area contributed by atoms with Gasteiger partial charge in [0.25, 0.3) is 0 Å². The van der Waals surface area contributed by atoms with Gasteiger partial charge in [-0.15, -0.1) is 13.2 Å². The number of nitrogens with zero attached hydrogens (tertiary/aromatic N) is 1. The van der Waals surface area contributed by atoms with Gasteiger partial charge in [-0.1, -0.05) is 0 Å². The van der Waals surface area contributed by atoms with Crippen molar-refractivity contribution in [2.24, 2.45) is 0 Å². The molecule has 1 aromatic heterocycles. The molecular weight excluding hydrogens is 243 g/mol. The van der Waals surface area contributed by atoms with Crippen molar-refractivity contribution in [3.63, 3.8) is 0 Å². The minimum Gasteiger partial charge on any atom is -0.503 e. The topological polar surface area (TPSA) is 68.7 Å². The van der Waals surface area contributed by atoms with Gasteiger partial charge < -0.3 is 14.6 Å². The SMILES string of the molecule is COC(=O)c1ncc(C)c(OC(F)(F)F)c1O. The van der Waals surface area contributed by atoms with Crippen LogP contribution in [-0.4, -0.2) is 29.5 Å². The Hall–Kier alpha value is -1.99. The Kier molecular flexibility index (Phi) is 3.45. The Morgan fingerprint density at radius 2 is 2.06 bits per heavy atom. The zero-order chi connectivity index (χ0) is 13.2. The van der Waals surface area contributed by atoms with Crippen molar-refractivity contribution in [2.75, 3.05) is 7.11 Å². The average molecular weight is 251 g/mol. The molecule has 0 saturated carbocycles. The van der Waals surface area contributed by atoms with Crippen molar-refractivity contribution < 1.29 is 32.5 Å². The Morgan fingerprint density at radius 3 is 2.53 bits per heavy atom. The molecule has 17 heavy (non-hydrogen) atoms. The molecule has 0 spiro atoms. The van der Waals surface area contributed by atoms with Gasteiger partial charge >= 0.3 is 12.3 Å². The number of hydrogen-bond donors (Lipinski definition) is 1. The lowest BCUT2D eigenvalue weighted by Crippen LogP contribution is -2.19. The van der Waals surface area contributed by atoms with Gasteiger partial charge in [-0.25, -0.2) is 9.78 Å².